The molecule has 2 aromatic rings. The van der Waals surface area contributed by atoms with Gasteiger partial charge in [0.25, 0.3) is 11.8 Å². The van der Waals surface area contributed by atoms with Gasteiger partial charge in [0, 0.05) is 11.3 Å². The molecule has 0 saturated carbocycles. The number of hydrogen-bond acceptors (Lipinski definition) is 4. The lowest BCUT2D eigenvalue weighted by Crippen LogP contribution is -2.47. The van der Waals surface area contributed by atoms with Gasteiger partial charge in [-0.2, -0.15) is 0 Å². The van der Waals surface area contributed by atoms with E-state index >= 15 is 0 Å². The van der Waals surface area contributed by atoms with Crippen LogP contribution in [0.4, 0.5) is 4.39 Å². The summed E-state index contributed by atoms with van der Waals surface area (Å²) in [6, 6.07) is 5.69. The first-order valence-electron chi connectivity index (χ1n) is 7.93. The smallest absolute Gasteiger partial charge is 0.286 e. The van der Waals surface area contributed by atoms with E-state index in [9.17, 15) is 18.8 Å². The minimum Gasteiger partial charge on any atom is -0.478 e. The summed E-state index contributed by atoms with van der Waals surface area (Å²) in [5.74, 6) is -2.08. The highest BCUT2D eigenvalue weighted by Crippen LogP contribution is 2.18. The molecule has 0 fully saturated rings. The molecule has 2 rings (SSSR count). The minimum absolute atomic E-state index is 0.0663. The molecule has 1 heterocycles. The molecule has 0 radical (unpaired) electrons. The lowest BCUT2D eigenvalue weighted by atomic mass is 10.1. The molecule has 7 nitrogen and oxygen atoms in total. The van der Waals surface area contributed by atoms with Crippen LogP contribution in [-0.4, -0.2) is 28.7 Å². The van der Waals surface area contributed by atoms with E-state index in [1.54, 1.807) is 19.9 Å². The number of benzene rings is 1. The summed E-state index contributed by atoms with van der Waals surface area (Å²) in [5.41, 5.74) is 6.15. The van der Waals surface area contributed by atoms with Crippen molar-refractivity contribution in [2.24, 2.45) is 0 Å². The molecule has 26 heavy (non-hydrogen) atoms. The summed E-state index contributed by atoms with van der Waals surface area (Å²) < 4.78 is 18.8. The van der Waals surface area contributed by atoms with Gasteiger partial charge in [-0.15, -0.1) is 0 Å². The first-order valence-corrected chi connectivity index (χ1v) is 7.93. The third kappa shape index (κ3) is 4.08. The first-order chi connectivity index (χ1) is 12.2. The lowest BCUT2D eigenvalue weighted by molar-refractivity contribution is -0.128. The Morgan fingerprint density at radius 2 is 1.81 bits per heavy atom. The fourth-order valence-electron chi connectivity index (χ4n) is 2.57. The van der Waals surface area contributed by atoms with Crippen molar-refractivity contribution >= 4 is 17.6 Å². The predicted molar refractivity (Wildman–Crippen MR) is 92.4 cm³/mol. The van der Waals surface area contributed by atoms with Crippen LogP contribution in [0.5, 0.6) is 5.75 Å². The molecule has 0 aliphatic rings. The Hall–Kier alpha value is -3.16. The molecular weight excluding hydrogens is 341 g/mol. The normalized spacial score (nSPS) is 11.6. The van der Waals surface area contributed by atoms with Crippen molar-refractivity contribution in [2.75, 3.05) is 0 Å². The zero-order chi connectivity index (χ0) is 19.4. The molecule has 8 heteroatoms. The van der Waals surface area contributed by atoms with Crippen molar-refractivity contribution < 1.29 is 23.5 Å². The zero-order valence-electron chi connectivity index (χ0n) is 14.9. The lowest BCUT2D eigenvalue weighted by Gasteiger charge is -2.15. The molecule has 138 valence electrons. The van der Waals surface area contributed by atoms with E-state index in [4.69, 9.17) is 4.74 Å². The maximum Gasteiger partial charge on any atom is 0.286 e. The largest absolute Gasteiger partial charge is 0.478 e. The molecule has 0 aliphatic carbocycles. The first kappa shape index (κ1) is 19.2. The van der Waals surface area contributed by atoms with E-state index in [0.29, 0.717) is 16.8 Å². The number of carbonyl (C=O) groups is 3. The summed E-state index contributed by atoms with van der Waals surface area (Å²) in [6.45, 7) is 6.16. The molecule has 2 amide bonds. The Morgan fingerprint density at radius 3 is 2.38 bits per heavy atom. The number of ketones is 1. The molecule has 1 atom stereocenters. The van der Waals surface area contributed by atoms with E-state index in [-0.39, 0.29) is 17.2 Å². The highest BCUT2D eigenvalue weighted by atomic mass is 19.1. The average molecular weight is 361 g/mol. The second kappa shape index (κ2) is 7.81. The zero-order valence-corrected chi connectivity index (χ0v) is 14.9. The van der Waals surface area contributed by atoms with E-state index < -0.39 is 23.7 Å². The van der Waals surface area contributed by atoms with Crippen LogP contribution in [0, 0.1) is 19.7 Å². The molecular formula is C18H20FN3O4. The molecule has 0 saturated heterocycles. The van der Waals surface area contributed by atoms with Gasteiger partial charge >= 0.3 is 0 Å². The van der Waals surface area contributed by atoms with Crippen molar-refractivity contribution in [1.29, 1.82) is 0 Å². The Morgan fingerprint density at radius 1 is 1.15 bits per heavy atom. The number of halogens is 1. The summed E-state index contributed by atoms with van der Waals surface area (Å²) in [5, 5.41) is 0. The van der Waals surface area contributed by atoms with Crippen molar-refractivity contribution in [3.8, 4) is 5.75 Å². The van der Waals surface area contributed by atoms with E-state index in [1.807, 2.05) is 0 Å². The van der Waals surface area contributed by atoms with E-state index in [2.05, 4.69) is 15.8 Å². The quantitative estimate of drug-likeness (QED) is 0.561. The number of ether oxygens (including phenoxy) is 1. The number of para-hydroxylation sites is 1. The van der Waals surface area contributed by atoms with Gasteiger partial charge in [-0.05, 0) is 45.4 Å². The van der Waals surface area contributed by atoms with Crippen molar-refractivity contribution in [3.63, 3.8) is 0 Å². The van der Waals surface area contributed by atoms with E-state index in [1.165, 1.54) is 32.0 Å². The molecule has 1 aromatic heterocycles. The maximum atomic E-state index is 13.5. The van der Waals surface area contributed by atoms with Crippen LogP contribution >= 0.6 is 0 Å². The van der Waals surface area contributed by atoms with Crippen LogP contribution in [-0.2, 0) is 4.79 Å². The predicted octanol–water partition coefficient (Wildman–Crippen LogP) is 2.20. The maximum absolute atomic E-state index is 13.5. The van der Waals surface area contributed by atoms with Gasteiger partial charge in [0.2, 0.25) is 0 Å². The van der Waals surface area contributed by atoms with Gasteiger partial charge in [-0.25, -0.2) is 4.39 Å². The van der Waals surface area contributed by atoms with Crippen LogP contribution in [0.1, 0.15) is 46.0 Å². The van der Waals surface area contributed by atoms with E-state index in [0.717, 1.165) is 0 Å². The van der Waals surface area contributed by atoms with Gasteiger partial charge in [-0.3, -0.25) is 25.2 Å². The Labute approximate surface area is 149 Å². The van der Waals surface area contributed by atoms with Crippen molar-refractivity contribution in [3.05, 3.63) is 52.6 Å². The van der Waals surface area contributed by atoms with Crippen LogP contribution < -0.4 is 15.6 Å². The monoisotopic (exact) mass is 361 g/mol. The highest BCUT2D eigenvalue weighted by Gasteiger charge is 2.21. The standard InChI is InChI=1S/C18H20FN3O4/c1-9-15(11(3)23)10(2)20-16(9)18(25)22-21-17(24)12(4)26-14-8-6-5-7-13(14)19/h5-8,12,20H,1-4H3,(H,21,24)(H,22,25)/t12-/m0/s1. The number of amides is 2. The number of aryl methyl sites for hydroxylation is 1. The highest BCUT2D eigenvalue weighted by molar-refractivity contribution is 6.02. The van der Waals surface area contributed by atoms with Crippen LogP contribution in [0.2, 0.25) is 0 Å². The van der Waals surface area contributed by atoms with Gasteiger partial charge in [-0.1, -0.05) is 12.1 Å². The van der Waals surface area contributed by atoms with Crippen LogP contribution in [0.15, 0.2) is 24.3 Å². The second-order valence-electron chi connectivity index (χ2n) is 5.82. The van der Waals surface area contributed by atoms with Crippen molar-refractivity contribution in [2.45, 2.75) is 33.8 Å². The summed E-state index contributed by atoms with van der Waals surface area (Å²) in [7, 11) is 0. The number of Topliss-reactive ketones (excluding diaryl/α,β-unsaturated/α-hetero) is 1. The van der Waals surface area contributed by atoms with Gasteiger partial charge in [0.1, 0.15) is 5.69 Å². The number of nitrogens with one attached hydrogen (secondary N) is 3. The molecule has 3 N–H and O–H groups in total. The number of hydrogen-bond donors (Lipinski definition) is 3. The topological polar surface area (TPSA) is 100 Å². The number of carbonyl (C=O) groups excluding carboxylic acids is 3. The number of rotatable bonds is 5. The Balaban J connectivity index is 1.99. The number of aromatic nitrogens is 1. The van der Waals surface area contributed by atoms with Gasteiger partial charge < -0.3 is 9.72 Å². The fourth-order valence-corrected chi connectivity index (χ4v) is 2.57. The summed E-state index contributed by atoms with van der Waals surface area (Å²) in [4.78, 5) is 38.7. The van der Waals surface area contributed by atoms with Gasteiger partial charge in [0.15, 0.2) is 23.5 Å². The summed E-state index contributed by atoms with van der Waals surface area (Å²) in [6.07, 6.45) is -1.04. The van der Waals surface area contributed by atoms with Crippen LogP contribution in [0.3, 0.4) is 0 Å². The Bertz CT molecular complexity index is 860. The molecule has 0 spiro atoms. The average Bonchev–Trinajstić information content (AvgIpc) is 2.89. The van der Waals surface area contributed by atoms with Crippen LogP contribution in [0.25, 0.3) is 0 Å². The molecule has 0 unspecified atom stereocenters. The fraction of sp³-hybridized carbons (Fsp3) is 0.278. The minimum atomic E-state index is -1.04. The Kier molecular flexibility index (Phi) is 5.76. The number of hydrazine groups is 1. The molecule has 1 aromatic carbocycles. The van der Waals surface area contributed by atoms with Crippen molar-refractivity contribution in [1.82, 2.24) is 15.8 Å². The molecule has 0 bridgehead atoms. The SMILES string of the molecule is CC(=O)c1c(C)[nH]c(C(=O)NNC(=O)[C@H](C)Oc2ccccc2F)c1C. The third-order valence-corrected chi connectivity index (χ3v) is 3.83. The number of H-pyrrole nitrogens is 1. The number of aromatic amines is 1. The summed E-state index contributed by atoms with van der Waals surface area (Å²) >= 11 is 0. The third-order valence-electron chi connectivity index (χ3n) is 3.83. The second-order valence-corrected chi connectivity index (χ2v) is 5.82. The molecule has 0 aliphatic heterocycles. The van der Waals surface area contributed by atoms with Gasteiger partial charge in [0.05, 0.1) is 0 Å².